The number of para-hydroxylation sites is 1. The highest BCUT2D eigenvalue weighted by Crippen LogP contribution is 2.29. The first kappa shape index (κ1) is 13.5. The molecule has 1 heterocycles. The molecular weight excluding hydrogens is 264 g/mol. The molecule has 1 aliphatic heterocycles. The average Bonchev–Trinajstić information content (AvgIpc) is 2.83. The summed E-state index contributed by atoms with van der Waals surface area (Å²) in [5.74, 6) is 0.978. The molecule has 0 spiro atoms. The molecule has 0 saturated heterocycles. The Morgan fingerprint density at radius 3 is 2.57 bits per heavy atom. The molecule has 2 aromatic carbocycles. The summed E-state index contributed by atoms with van der Waals surface area (Å²) >= 11 is 0. The highest BCUT2D eigenvalue weighted by atomic mass is 16.5. The topological polar surface area (TPSA) is 32.8 Å². The molecule has 3 rings (SSSR count). The number of carbonyl (C=O) groups excluding carboxylic acids is 1. The van der Waals surface area contributed by atoms with E-state index >= 15 is 0 Å². The van der Waals surface area contributed by atoms with E-state index in [0.717, 1.165) is 22.7 Å². The number of methoxy groups -OCH3 is 1. The van der Waals surface area contributed by atoms with Crippen LogP contribution in [0.1, 0.15) is 5.56 Å². The van der Waals surface area contributed by atoms with Crippen LogP contribution in [0.15, 0.2) is 48.5 Å². The van der Waals surface area contributed by atoms with Gasteiger partial charge in [-0.3, -0.25) is 9.69 Å². The smallest absolute Gasteiger partial charge is 0.232 e. The van der Waals surface area contributed by atoms with Gasteiger partial charge in [-0.2, -0.15) is 0 Å². The molecule has 2 aromatic rings. The van der Waals surface area contributed by atoms with Crippen molar-refractivity contribution in [2.45, 2.75) is 6.42 Å². The number of carbonyl (C=O) groups is 1. The summed E-state index contributed by atoms with van der Waals surface area (Å²) < 4.78 is 5.16. The summed E-state index contributed by atoms with van der Waals surface area (Å²) in [6, 6.07) is 15.8. The zero-order valence-electron chi connectivity index (χ0n) is 12.2. The maximum Gasteiger partial charge on any atom is 0.232 e. The maximum atomic E-state index is 12.2. The van der Waals surface area contributed by atoms with E-state index < -0.39 is 0 Å². The second-order valence-corrected chi connectivity index (χ2v) is 5.16. The van der Waals surface area contributed by atoms with Crippen LogP contribution < -0.4 is 14.5 Å². The fourth-order valence-corrected chi connectivity index (χ4v) is 2.60. The average molecular weight is 282 g/mol. The third-order valence-corrected chi connectivity index (χ3v) is 3.79. The first-order valence-corrected chi connectivity index (χ1v) is 6.92. The van der Waals surface area contributed by atoms with Crippen LogP contribution >= 0.6 is 0 Å². The fourth-order valence-electron chi connectivity index (χ4n) is 2.60. The van der Waals surface area contributed by atoms with Gasteiger partial charge in [0.2, 0.25) is 5.91 Å². The molecule has 0 unspecified atom stereocenters. The van der Waals surface area contributed by atoms with Crippen molar-refractivity contribution in [1.29, 1.82) is 0 Å². The molecule has 0 aliphatic carbocycles. The molecule has 1 amide bonds. The van der Waals surface area contributed by atoms with E-state index in [-0.39, 0.29) is 5.91 Å². The van der Waals surface area contributed by atoms with Crippen LogP contribution in [0.25, 0.3) is 0 Å². The summed E-state index contributed by atoms with van der Waals surface area (Å²) in [7, 11) is 3.63. The minimum atomic E-state index is 0.150. The lowest BCUT2D eigenvalue weighted by atomic mass is 10.2. The van der Waals surface area contributed by atoms with Gasteiger partial charge in [0.25, 0.3) is 0 Å². The highest BCUT2D eigenvalue weighted by Gasteiger charge is 2.27. The number of hydrogen-bond acceptors (Lipinski definition) is 3. The lowest BCUT2D eigenvalue weighted by Crippen LogP contribution is -2.37. The van der Waals surface area contributed by atoms with Crippen molar-refractivity contribution in [3.05, 3.63) is 54.1 Å². The molecule has 0 fully saturated rings. The van der Waals surface area contributed by atoms with Crippen LogP contribution in [0.3, 0.4) is 0 Å². The number of hydrogen-bond donors (Lipinski definition) is 0. The number of fused-ring (bicyclic) bond motifs is 1. The second-order valence-electron chi connectivity index (χ2n) is 5.16. The van der Waals surface area contributed by atoms with Gasteiger partial charge in [-0.05, 0) is 35.9 Å². The Morgan fingerprint density at radius 1 is 1.14 bits per heavy atom. The van der Waals surface area contributed by atoms with Gasteiger partial charge in [0, 0.05) is 18.4 Å². The van der Waals surface area contributed by atoms with Gasteiger partial charge in [-0.1, -0.05) is 18.2 Å². The van der Waals surface area contributed by atoms with E-state index in [1.807, 2.05) is 60.5 Å². The van der Waals surface area contributed by atoms with Crippen molar-refractivity contribution < 1.29 is 9.53 Å². The molecule has 4 nitrogen and oxygen atoms in total. The molecule has 1 aliphatic rings. The summed E-state index contributed by atoms with van der Waals surface area (Å²) in [6.07, 6.45) is 0.493. The molecule has 0 N–H and O–H groups in total. The Bertz CT molecular complexity index is 652. The van der Waals surface area contributed by atoms with Crippen LogP contribution in [-0.4, -0.2) is 26.7 Å². The zero-order chi connectivity index (χ0) is 14.8. The monoisotopic (exact) mass is 282 g/mol. The van der Waals surface area contributed by atoms with Gasteiger partial charge in [0.1, 0.15) is 5.75 Å². The quantitative estimate of drug-likeness (QED) is 0.864. The lowest BCUT2D eigenvalue weighted by molar-refractivity contribution is -0.117. The minimum absolute atomic E-state index is 0.150. The van der Waals surface area contributed by atoms with Crippen molar-refractivity contribution >= 4 is 17.3 Å². The number of amides is 1. The third kappa shape index (κ3) is 2.57. The molecule has 0 aromatic heterocycles. The summed E-state index contributed by atoms with van der Waals surface area (Å²) in [5, 5.41) is 0. The van der Waals surface area contributed by atoms with E-state index in [1.165, 1.54) is 0 Å². The number of ether oxygens (including phenoxy) is 1. The van der Waals surface area contributed by atoms with E-state index in [4.69, 9.17) is 4.74 Å². The van der Waals surface area contributed by atoms with E-state index in [0.29, 0.717) is 13.1 Å². The lowest BCUT2D eigenvalue weighted by Gasteiger charge is -2.26. The number of benzene rings is 2. The normalized spacial score (nSPS) is 13.2. The van der Waals surface area contributed by atoms with Gasteiger partial charge < -0.3 is 9.64 Å². The summed E-state index contributed by atoms with van der Waals surface area (Å²) in [5.41, 5.74) is 3.17. The van der Waals surface area contributed by atoms with Crippen LogP contribution in [-0.2, 0) is 11.2 Å². The van der Waals surface area contributed by atoms with Crippen LogP contribution in [0.4, 0.5) is 11.4 Å². The Labute approximate surface area is 124 Å². The Morgan fingerprint density at radius 2 is 1.86 bits per heavy atom. The van der Waals surface area contributed by atoms with Crippen molar-refractivity contribution in [1.82, 2.24) is 0 Å². The number of rotatable bonds is 4. The first-order chi connectivity index (χ1) is 10.2. The molecule has 0 radical (unpaired) electrons. The SMILES string of the molecule is COc1ccc(N(C)CN2C(=O)Cc3ccccc32)cc1. The van der Waals surface area contributed by atoms with Gasteiger partial charge in [-0.15, -0.1) is 0 Å². The van der Waals surface area contributed by atoms with Crippen LogP contribution in [0, 0.1) is 0 Å². The molecule has 0 saturated carbocycles. The molecule has 0 bridgehead atoms. The van der Waals surface area contributed by atoms with Gasteiger partial charge in [-0.25, -0.2) is 0 Å². The minimum Gasteiger partial charge on any atom is -0.497 e. The molecule has 4 heteroatoms. The number of nitrogens with zero attached hydrogens (tertiary/aromatic N) is 2. The highest BCUT2D eigenvalue weighted by molar-refractivity contribution is 6.01. The second kappa shape index (κ2) is 5.48. The maximum absolute atomic E-state index is 12.2. The van der Waals surface area contributed by atoms with Crippen molar-refractivity contribution in [2.75, 3.05) is 30.6 Å². The van der Waals surface area contributed by atoms with Crippen LogP contribution in [0.5, 0.6) is 5.75 Å². The van der Waals surface area contributed by atoms with E-state index in [1.54, 1.807) is 7.11 Å². The Hall–Kier alpha value is -2.49. The van der Waals surface area contributed by atoms with E-state index in [9.17, 15) is 4.79 Å². The number of anilines is 2. The van der Waals surface area contributed by atoms with Crippen molar-refractivity contribution in [3.63, 3.8) is 0 Å². The standard InChI is InChI=1S/C17H18N2O2/c1-18(14-7-9-15(21-2)10-8-14)12-19-16-6-4-3-5-13(16)11-17(19)20/h3-10H,11-12H2,1-2H3. The van der Waals surface area contributed by atoms with Gasteiger partial charge >= 0.3 is 0 Å². The zero-order valence-corrected chi connectivity index (χ0v) is 12.2. The Kier molecular flexibility index (Phi) is 3.52. The van der Waals surface area contributed by atoms with Crippen molar-refractivity contribution in [3.8, 4) is 5.75 Å². The largest absolute Gasteiger partial charge is 0.497 e. The van der Waals surface area contributed by atoms with Gasteiger partial charge in [0.15, 0.2) is 0 Å². The molecular formula is C17H18N2O2. The summed E-state index contributed by atoms with van der Waals surface area (Å²) in [6.45, 7) is 0.544. The van der Waals surface area contributed by atoms with E-state index in [2.05, 4.69) is 4.90 Å². The predicted molar refractivity (Wildman–Crippen MR) is 83.9 cm³/mol. The predicted octanol–water partition coefficient (Wildman–Crippen LogP) is 2.68. The van der Waals surface area contributed by atoms with Gasteiger partial charge in [0.05, 0.1) is 20.2 Å². The summed E-state index contributed by atoms with van der Waals surface area (Å²) in [4.78, 5) is 16.1. The first-order valence-electron chi connectivity index (χ1n) is 6.92. The third-order valence-electron chi connectivity index (χ3n) is 3.79. The molecule has 108 valence electrons. The van der Waals surface area contributed by atoms with Crippen LogP contribution in [0.2, 0.25) is 0 Å². The van der Waals surface area contributed by atoms with Crippen molar-refractivity contribution in [2.24, 2.45) is 0 Å². The Balaban J connectivity index is 1.78. The molecule has 21 heavy (non-hydrogen) atoms. The molecule has 0 atom stereocenters. The fraction of sp³-hybridized carbons (Fsp3) is 0.235.